The predicted octanol–water partition coefficient (Wildman–Crippen LogP) is 2.55. The van der Waals surface area contributed by atoms with E-state index in [0.717, 1.165) is 11.4 Å². The molecule has 0 spiro atoms. The Hall–Kier alpha value is -2.27. The maximum absolute atomic E-state index is 12.7. The van der Waals surface area contributed by atoms with Gasteiger partial charge in [0.1, 0.15) is 17.1 Å². The zero-order valence-electron chi connectivity index (χ0n) is 12.7. The van der Waals surface area contributed by atoms with Crippen LogP contribution in [-0.4, -0.2) is 24.7 Å². The number of methoxy groups -OCH3 is 1. The SMILES string of the molecule is COc1ccc(N2CC[C@](O)(c3ccco3)[C@@H](C)C2=O)cc1. The Morgan fingerprint density at radius 3 is 2.64 bits per heavy atom. The Kier molecular flexibility index (Phi) is 3.66. The number of furan rings is 1. The van der Waals surface area contributed by atoms with Crippen molar-refractivity contribution in [2.75, 3.05) is 18.6 Å². The molecule has 3 rings (SSSR count). The van der Waals surface area contributed by atoms with Gasteiger partial charge in [-0.25, -0.2) is 0 Å². The third-order valence-corrected chi connectivity index (χ3v) is 4.40. The molecule has 2 aromatic rings. The van der Waals surface area contributed by atoms with Crippen LogP contribution >= 0.6 is 0 Å². The van der Waals surface area contributed by atoms with Crippen LogP contribution in [0.5, 0.6) is 5.75 Å². The van der Waals surface area contributed by atoms with Crippen LogP contribution in [0.1, 0.15) is 19.1 Å². The highest BCUT2D eigenvalue weighted by molar-refractivity contribution is 5.96. The van der Waals surface area contributed by atoms with Gasteiger partial charge in [0.05, 0.1) is 19.3 Å². The van der Waals surface area contributed by atoms with Gasteiger partial charge in [-0.1, -0.05) is 6.92 Å². The van der Waals surface area contributed by atoms with Gasteiger partial charge in [0, 0.05) is 18.7 Å². The molecular formula is C17H19NO4. The van der Waals surface area contributed by atoms with Crippen molar-refractivity contribution >= 4 is 11.6 Å². The van der Waals surface area contributed by atoms with Crippen LogP contribution in [0.2, 0.25) is 0 Å². The van der Waals surface area contributed by atoms with Crippen molar-refractivity contribution in [1.29, 1.82) is 0 Å². The third kappa shape index (κ3) is 2.27. The largest absolute Gasteiger partial charge is 0.497 e. The van der Waals surface area contributed by atoms with Crippen molar-refractivity contribution in [1.82, 2.24) is 0 Å². The number of aliphatic hydroxyl groups is 1. The number of amides is 1. The van der Waals surface area contributed by atoms with Gasteiger partial charge in [0.25, 0.3) is 0 Å². The summed E-state index contributed by atoms with van der Waals surface area (Å²) >= 11 is 0. The van der Waals surface area contributed by atoms with Crippen LogP contribution < -0.4 is 9.64 Å². The molecule has 1 N–H and O–H groups in total. The van der Waals surface area contributed by atoms with Crippen LogP contribution in [0.3, 0.4) is 0 Å². The first kappa shape index (κ1) is 14.7. The minimum Gasteiger partial charge on any atom is -0.497 e. The minimum atomic E-state index is -1.25. The standard InChI is InChI=1S/C17H19NO4/c1-12-16(19)18(13-5-7-14(21-2)8-6-13)10-9-17(12,20)15-4-3-11-22-15/h3-8,11-12,20H,9-10H2,1-2H3/t12-,17+/m0/s1. The monoisotopic (exact) mass is 301 g/mol. The summed E-state index contributed by atoms with van der Waals surface area (Å²) in [6, 6.07) is 10.8. The van der Waals surface area contributed by atoms with E-state index in [1.165, 1.54) is 6.26 Å². The molecule has 1 aliphatic rings. The van der Waals surface area contributed by atoms with E-state index in [2.05, 4.69) is 0 Å². The van der Waals surface area contributed by atoms with E-state index in [0.29, 0.717) is 18.7 Å². The van der Waals surface area contributed by atoms with Gasteiger partial charge in [-0.3, -0.25) is 4.79 Å². The van der Waals surface area contributed by atoms with Crippen molar-refractivity contribution in [3.63, 3.8) is 0 Å². The topological polar surface area (TPSA) is 62.9 Å². The van der Waals surface area contributed by atoms with Crippen molar-refractivity contribution in [2.45, 2.75) is 18.9 Å². The van der Waals surface area contributed by atoms with Crippen LogP contribution in [0.15, 0.2) is 47.1 Å². The van der Waals surface area contributed by atoms with Crippen LogP contribution in [0.25, 0.3) is 0 Å². The molecule has 5 nitrogen and oxygen atoms in total. The molecule has 0 aliphatic carbocycles. The van der Waals surface area contributed by atoms with E-state index in [1.54, 1.807) is 31.1 Å². The average Bonchev–Trinajstić information content (AvgIpc) is 3.08. The second-order valence-electron chi connectivity index (χ2n) is 5.56. The van der Waals surface area contributed by atoms with Gasteiger partial charge >= 0.3 is 0 Å². The Balaban J connectivity index is 1.85. The lowest BCUT2D eigenvalue weighted by Crippen LogP contribution is -2.52. The van der Waals surface area contributed by atoms with Gasteiger partial charge < -0.3 is 19.2 Å². The fourth-order valence-electron chi connectivity index (χ4n) is 2.93. The fraction of sp³-hybridized carbons (Fsp3) is 0.353. The van der Waals surface area contributed by atoms with E-state index in [9.17, 15) is 9.90 Å². The Morgan fingerprint density at radius 1 is 1.32 bits per heavy atom. The highest BCUT2D eigenvalue weighted by Gasteiger charge is 2.47. The minimum absolute atomic E-state index is 0.115. The van der Waals surface area contributed by atoms with Crippen LogP contribution in [0, 0.1) is 5.92 Å². The molecule has 0 bridgehead atoms. The van der Waals surface area contributed by atoms with Crippen LogP contribution in [-0.2, 0) is 10.4 Å². The molecule has 5 heteroatoms. The summed E-state index contributed by atoms with van der Waals surface area (Å²) in [7, 11) is 1.60. The normalized spacial score (nSPS) is 25.3. The zero-order chi connectivity index (χ0) is 15.7. The van der Waals surface area contributed by atoms with Crippen molar-refractivity contribution in [3.8, 4) is 5.75 Å². The Labute approximate surface area is 129 Å². The van der Waals surface area contributed by atoms with E-state index in [1.807, 2.05) is 24.3 Å². The van der Waals surface area contributed by atoms with Gasteiger partial charge in [0.2, 0.25) is 5.91 Å². The summed E-state index contributed by atoms with van der Waals surface area (Å²) in [5.41, 5.74) is -0.442. The van der Waals surface area contributed by atoms with Crippen molar-refractivity contribution in [3.05, 3.63) is 48.4 Å². The number of benzene rings is 1. The first-order valence-corrected chi connectivity index (χ1v) is 7.28. The Morgan fingerprint density at radius 2 is 2.05 bits per heavy atom. The molecular weight excluding hydrogens is 282 g/mol. The summed E-state index contributed by atoms with van der Waals surface area (Å²) in [5.74, 6) is 0.501. The number of nitrogens with zero attached hydrogens (tertiary/aromatic N) is 1. The molecule has 2 heterocycles. The molecule has 116 valence electrons. The third-order valence-electron chi connectivity index (χ3n) is 4.40. The summed E-state index contributed by atoms with van der Waals surface area (Å²) in [5, 5.41) is 10.9. The molecule has 1 saturated heterocycles. The number of hydrogen-bond acceptors (Lipinski definition) is 4. The number of ether oxygens (including phenoxy) is 1. The summed E-state index contributed by atoms with van der Waals surface area (Å²) in [4.78, 5) is 14.4. The number of rotatable bonds is 3. The lowest BCUT2D eigenvalue weighted by atomic mass is 9.79. The lowest BCUT2D eigenvalue weighted by molar-refractivity contribution is -0.138. The molecule has 1 amide bonds. The van der Waals surface area contributed by atoms with Gasteiger partial charge in [-0.05, 0) is 36.4 Å². The van der Waals surface area contributed by atoms with E-state index >= 15 is 0 Å². The molecule has 2 atom stereocenters. The van der Waals surface area contributed by atoms with Gasteiger partial charge in [0.15, 0.2) is 0 Å². The van der Waals surface area contributed by atoms with Gasteiger partial charge in [-0.2, -0.15) is 0 Å². The van der Waals surface area contributed by atoms with E-state index in [4.69, 9.17) is 9.15 Å². The molecule has 1 fully saturated rings. The quantitative estimate of drug-likeness (QED) is 0.946. The van der Waals surface area contributed by atoms with E-state index in [-0.39, 0.29) is 5.91 Å². The maximum atomic E-state index is 12.7. The number of carbonyl (C=O) groups excluding carboxylic acids is 1. The second kappa shape index (κ2) is 5.50. The molecule has 1 aromatic heterocycles. The highest BCUT2D eigenvalue weighted by Crippen LogP contribution is 2.39. The zero-order valence-corrected chi connectivity index (χ0v) is 12.7. The van der Waals surface area contributed by atoms with Crippen molar-refractivity contribution < 1.29 is 19.1 Å². The van der Waals surface area contributed by atoms with E-state index < -0.39 is 11.5 Å². The smallest absolute Gasteiger partial charge is 0.233 e. The first-order chi connectivity index (χ1) is 10.6. The molecule has 0 saturated carbocycles. The van der Waals surface area contributed by atoms with Crippen molar-refractivity contribution in [2.24, 2.45) is 5.92 Å². The summed E-state index contributed by atoms with van der Waals surface area (Å²) in [6.45, 7) is 2.17. The molecule has 0 unspecified atom stereocenters. The number of carbonyl (C=O) groups is 1. The number of piperidine rings is 1. The predicted molar refractivity (Wildman–Crippen MR) is 81.7 cm³/mol. The molecule has 1 aromatic carbocycles. The first-order valence-electron chi connectivity index (χ1n) is 7.28. The second-order valence-corrected chi connectivity index (χ2v) is 5.56. The maximum Gasteiger partial charge on any atom is 0.233 e. The molecule has 22 heavy (non-hydrogen) atoms. The lowest BCUT2D eigenvalue weighted by Gasteiger charge is -2.41. The molecule has 1 aliphatic heterocycles. The fourth-order valence-corrected chi connectivity index (χ4v) is 2.93. The Bertz CT molecular complexity index is 650. The number of anilines is 1. The van der Waals surface area contributed by atoms with Gasteiger partial charge in [-0.15, -0.1) is 0 Å². The average molecular weight is 301 g/mol. The highest BCUT2D eigenvalue weighted by atomic mass is 16.5. The number of hydrogen-bond donors (Lipinski definition) is 1. The summed E-state index contributed by atoms with van der Waals surface area (Å²) < 4.78 is 10.5. The molecule has 0 radical (unpaired) electrons. The van der Waals surface area contributed by atoms with Crippen LogP contribution in [0.4, 0.5) is 5.69 Å². The summed E-state index contributed by atoms with van der Waals surface area (Å²) in [6.07, 6.45) is 1.94.